The van der Waals surface area contributed by atoms with Crippen LogP contribution >= 0.6 is 0 Å². The van der Waals surface area contributed by atoms with Crippen LogP contribution in [0, 0.1) is 21.4 Å². The number of hydrogen-bond acceptors (Lipinski definition) is 6. The van der Waals surface area contributed by atoms with Gasteiger partial charge in [-0.15, -0.1) is 0 Å². The minimum Gasteiger partial charge on any atom is -0.395 e. The molecule has 8 nitrogen and oxygen atoms in total. The van der Waals surface area contributed by atoms with Crippen LogP contribution in [0.3, 0.4) is 0 Å². The Morgan fingerprint density at radius 1 is 1.45 bits per heavy atom. The lowest BCUT2D eigenvalue weighted by atomic mass is 10.2. The molecule has 0 spiro atoms. The average Bonchev–Trinajstić information content (AvgIpc) is 2.96. The largest absolute Gasteiger partial charge is 0.433 e. The summed E-state index contributed by atoms with van der Waals surface area (Å²) in [6, 6.07) is 4.45. The molecule has 1 saturated heterocycles. The Hall–Kier alpha value is -2.40. The second-order valence-corrected chi connectivity index (χ2v) is 4.53. The first-order valence-corrected chi connectivity index (χ1v) is 6.20. The summed E-state index contributed by atoms with van der Waals surface area (Å²) < 4.78 is 4.90. The number of hydrogen-bond donors (Lipinski definition) is 0. The molecule has 1 atom stereocenters. The molecule has 1 amide bonds. The van der Waals surface area contributed by atoms with E-state index in [1.165, 1.54) is 12.1 Å². The SMILES string of the molecule is CC(C#N)N1CCN(C(=O)c2ccc([N+](=O)[O-])o2)CC1. The number of amides is 1. The number of piperazine rings is 1. The van der Waals surface area contributed by atoms with Gasteiger partial charge in [0.2, 0.25) is 0 Å². The second-order valence-electron chi connectivity index (χ2n) is 4.53. The smallest absolute Gasteiger partial charge is 0.395 e. The topological polar surface area (TPSA) is 104 Å². The van der Waals surface area contributed by atoms with Crippen molar-refractivity contribution in [3.05, 3.63) is 28.0 Å². The maximum atomic E-state index is 12.1. The van der Waals surface area contributed by atoms with Crippen molar-refractivity contribution in [2.24, 2.45) is 0 Å². The quantitative estimate of drug-likeness (QED) is 0.600. The van der Waals surface area contributed by atoms with Gasteiger partial charge in [0, 0.05) is 26.2 Å². The van der Waals surface area contributed by atoms with Crippen molar-refractivity contribution >= 4 is 11.8 Å². The van der Waals surface area contributed by atoms with Crippen LogP contribution in [-0.4, -0.2) is 52.9 Å². The van der Waals surface area contributed by atoms with Gasteiger partial charge in [0.05, 0.1) is 18.2 Å². The van der Waals surface area contributed by atoms with Gasteiger partial charge in [-0.2, -0.15) is 5.26 Å². The molecule has 2 rings (SSSR count). The Labute approximate surface area is 115 Å². The molecule has 1 unspecified atom stereocenters. The summed E-state index contributed by atoms with van der Waals surface area (Å²) in [5.74, 6) is -0.828. The van der Waals surface area contributed by atoms with Gasteiger partial charge in [-0.1, -0.05) is 0 Å². The van der Waals surface area contributed by atoms with Crippen LogP contribution in [0.4, 0.5) is 5.88 Å². The van der Waals surface area contributed by atoms with E-state index >= 15 is 0 Å². The van der Waals surface area contributed by atoms with Crippen molar-refractivity contribution in [3.63, 3.8) is 0 Å². The highest BCUT2D eigenvalue weighted by molar-refractivity contribution is 5.91. The van der Waals surface area contributed by atoms with Gasteiger partial charge < -0.3 is 9.32 Å². The highest BCUT2D eigenvalue weighted by Crippen LogP contribution is 2.18. The van der Waals surface area contributed by atoms with Gasteiger partial charge in [0.25, 0.3) is 5.91 Å². The van der Waals surface area contributed by atoms with E-state index in [0.717, 1.165) is 0 Å². The highest BCUT2D eigenvalue weighted by atomic mass is 16.6. The van der Waals surface area contributed by atoms with Crippen LogP contribution in [0.25, 0.3) is 0 Å². The molecule has 20 heavy (non-hydrogen) atoms. The van der Waals surface area contributed by atoms with Crippen molar-refractivity contribution in [2.45, 2.75) is 13.0 Å². The molecule has 1 aromatic heterocycles. The highest BCUT2D eigenvalue weighted by Gasteiger charge is 2.27. The van der Waals surface area contributed by atoms with Crippen molar-refractivity contribution < 1.29 is 14.1 Å². The van der Waals surface area contributed by atoms with E-state index < -0.39 is 10.8 Å². The van der Waals surface area contributed by atoms with E-state index in [0.29, 0.717) is 26.2 Å². The normalized spacial score (nSPS) is 17.5. The van der Waals surface area contributed by atoms with Crippen LogP contribution in [0.1, 0.15) is 17.5 Å². The van der Waals surface area contributed by atoms with Crippen LogP contribution in [-0.2, 0) is 0 Å². The molecule has 1 aromatic rings. The fraction of sp³-hybridized carbons (Fsp3) is 0.500. The van der Waals surface area contributed by atoms with Crippen molar-refractivity contribution in [1.29, 1.82) is 5.26 Å². The predicted octanol–water partition coefficient (Wildman–Crippen LogP) is 0.858. The molecule has 1 aliphatic rings. The summed E-state index contributed by atoms with van der Waals surface area (Å²) in [7, 11) is 0. The van der Waals surface area contributed by atoms with Crippen LogP contribution in [0.15, 0.2) is 16.5 Å². The summed E-state index contributed by atoms with van der Waals surface area (Å²) >= 11 is 0. The van der Waals surface area contributed by atoms with Crippen LogP contribution < -0.4 is 0 Å². The van der Waals surface area contributed by atoms with Crippen LogP contribution in [0.2, 0.25) is 0 Å². The third-order valence-corrected chi connectivity index (χ3v) is 3.32. The summed E-state index contributed by atoms with van der Waals surface area (Å²) in [6.07, 6.45) is 0. The number of nitro groups is 1. The molecule has 0 N–H and O–H groups in total. The summed E-state index contributed by atoms with van der Waals surface area (Å²) in [5.41, 5.74) is 0. The Balaban J connectivity index is 1.98. The van der Waals surface area contributed by atoms with Crippen molar-refractivity contribution in [3.8, 4) is 6.07 Å². The molecular weight excluding hydrogens is 264 g/mol. The average molecular weight is 278 g/mol. The fourth-order valence-electron chi connectivity index (χ4n) is 2.09. The molecule has 0 saturated carbocycles. The van der Waals surface area contributed by atoms with Crippen LogP contribution in [0.5, 0.6) is 0 Å². The molecule has 1 aliphatic heterocycles. The Morgan fingerprint density at radius 2 is 2.10 bits per heavy atom. The number of carbonyl (C=O) groups is 1. The molecule has 8 heteroatoms. The molecule has 2 heterocycles. The van der Waals surface area contributed by atoms with E-state index in [1.54, 1.807) is 4.90 Å². The fourth-order valence-corrected chi connectivity index (χ4v) is 2.09. The minimum absolute atomic E-state index is 0.0292. The Kier molecular flexibility index (Phi) is 4.00. The maximum Gasteiger partial charge on any atom is 0.433 e. The first-order chi connectivity index (χ1) is 9.52. The van der Waals surface area contributed by atoms with Gasteiger partial charge in [-0.25, -0.2) is 0 Å². The van der Waals surface area contributed by atoms with Gasteiger partial charge in [-0.3, -0.25) is 19.8 Å². The molecule has 0 radical (unpaired) electrons. The van der Waals surface area contributed by atoms with Gasteiger partial charge in [0.15, 0.2) is 5.76 Å². The molecular formula is C12H14N4O4. The summed E-state index contributed by atoms with van der Waals surface area (Å²) in [4.78, 5) is 25.5. The number of furan rings is 1. The lowest BCUT2D eigenvalue weighted by Crippen LogP contribution is -2.51. The zero-order chi connectivity index (χ0) is 14.7. The molecule has 0 bridgehead atoms. The van der Waals surface area contributed by atoms with E-state index in [1.807, 2.05) is 11.8 Å². The van der Waals surface area contributed by atoms with E-state index in [4.69, 9.17) is 9.68 Å². The molecule has 0 aromatic carbocycles. The molecule has 1 fully saturated rings. The van der Waals surface area contributed by atoms with E-state index in [9.17, 15) is 14.9 Å². The lowest BCUT2D eigenvalue weighted by Gasteiger charge is -2.35. The van der Waals surface area contributed by atoms with Gasteiger partial charge >= 0.3 is 5.88 Å². The second kappa shape index (κ2) is 5.71. The van der Waals surface area contributed by atoms with Gasteiger partial charge in [0.1, 0.15) is 4.92 Å². The number of carbonyl (C=O) groups excluding carboxylic acids is 1. The zero-order valence-corrected chi connectivity index (χ0v) is 11.0. The Morgan fingerprint density at radius 3 is 2.60 bits per heavy atom. The number of nitrogens with zero attached hydrogens (tertiary/aromatic N) is 4. The number of rotatable bonds is 3. The van der Waals surface area contributed by atoms with Crippen molar-refractivity contribution in [2.75, 3.05) is 26.2 Å². The monoisotopic (exact) mass is 278 g/mol. The third kappa shape index (κ3) is 2.78. The summed E-state index contributed by atoms with van der Waals surface area (Å²) in [6.45, 7) is 3.96. The Bertz CT molecular complexity index is 554. The standard InChI is InChI=1S/C12H14N4O4/c1-9(8-13)14-4-6-15(7-5-14)12(17)10-2-3-11(20-10)16(18)19/h2-3,9H,4-7H2,1H3. The summed E-state index contributed by atoms with van der Waals surface area (Å²) in [5, 5.41) is 19.4. The predicted molar refractivity (Wildman–Crippen MR) is 67.9 cm³/mol. The number of nitriles is 1. The molecule has 0 aliphatic carbocycles. The van der Waals surface area contributed by atoms with E-state index in [-0.39, 0.29) is 17.7 Å². The zero-order valence-electron chi connectivity index (χ0n) is 11.0. The first kappa shape index (κ1) is 14.0. The maximum absolute atomic E-state index is 12.1. The van der Waals surface area contributed by atoms with Crippen molar-refractivity contribution in [1.82, 2.24) is 9.80 Å². The van der Waals surface area contributed by atoms with E-state index in [2.05, 4.69) is 6.07 Å². The third-order valence-electron chi connectivity index (χ3n) is 3.32. The first-order valence-electron chi connectivity index (χ1n) is 6.20. The lowest BCUT2D eigenvalue weighted by molar-refractivity contribution is -0.402. The minimum atomic E-state index is -0.677. The molecule has 106 valence electrons. The van der Waals surface area contributed by atoms with Gasteiger partial charge in [-0.05, 0) is 13.0 Å².